The van der Waals surface area contributed by atoms with Crippen molar-refractivity contribution in [1.29, 1.82) is 0 Å². The van der Waals surface area contributed by atoms with Crippen molar-refractivity contribution in [3.05, 3.63) is 19.6 Å². The zero-order valence-electron chi connectivity index (χ0n) is 4.13. The molecule has 0 saturated heterocycles. The van der Waals surface area contributed by atoms with Gasteiger partial charge in [-0.2, -0.15) is 0 Å². The summed E-state index contributed by atoms with van der Waals surface area (Å²) in [5, 5.41) is 3.35. The number of rotatable bonds is 3. The van der Waals surface area contributed by atoms with Gasteiger partial charge in [0.05, 0.1) is 0 Å². The molecule has 0 saturated carbocycles. The third kappa shape index (κ3) is 5.21. The molecule has 0 aromatic heterocycles. The predicted octanol–water partition coefficient (Wildman–Crippen LogP) is 1.01. The zero-order chi connectivity index (χ0) is 5.54. The zero-order valence-corrected chi connectivity index (χ0v) is 4.13. The Balaban J connectivity index is 2.82. The number of hydrogen-bond donors (Lipinski definition) is 0. The van der Waals surface area contributed by atoms with E-state index in [1.54, 1.807) is 6.08 Å². The highest BCUT2D eigenvalue weighted by Crippen LogP contribution is 1.71. The van der Waals surface area contributed by atoms with E-state index < -0.39 is 0 Å². The molecule has 7 heavy (non-hydrogen) atoms. The summed E-state index contributed by atoms with van der Waals surface area (Å²) in [6.07, 6.45) is 2.95. The Morgan fingerprint density at radius 1 is 1.71 bits per heavy atom. The van der Waals surface area contributed by atoms with Gasteiger partial charge in [-0.1, -0.05) is 17.8 Å². The standard InChI is InChI=1S/C5H8NO/c1-3-5-7-6-4-2/h3-4H,1-2,5H2/b6-4-. The normalized spacial score (nSPS) is 9.29. The molecule has 39 valence electrons. The van der Waals surface area contributed by atoms with Gasteiger partial charge in [-0.15, -0.1) is 0 Å². The average Bonchev–Trinajstić information content (AvgIpc) is 1.69. The highest BCUT2D eigenvalue weighted by Gasteiger charge is 1.65. The van der Waals surface area contributed by atoms with Crippen LogP contribution in [0.25, 0.3) is 0 Å². The van der Waals surface area contributed by atoms with Gasteiger partial charge in [0.2, 0.25) is 0 Å². The van der Waals surface area contributed by atoms with Crippen LogP contribution in [0.1, 0.15) is 0 Å². The van der Waals surface area contributed by atoms with Crippen molar-refractivity contribution in [3.8, 4) is 0 Å². The third-order valence-corrected chi connectivity index (χ3v) is 0.341. The van der Waals surface area contributed by atoms with Gasteiger partial charge < -0.3 is 4.84 Å². The van der Waals surface area contributed by atoms with E-state index in [0.29, 0.717) is 6.61 Å². The van der Waals surface area contributed by atoms with Crippen LogP contribution in [0.3, 0.4) is 0 Å². The molecular formula is C5H8NO. The van der Waals surface area contributed by atoms with Crippen molar-refractivity contribution in [2.24, 2.45) is 5.16 Å². The van der Waals surface area contributed by atoms with Crippen LogP contribution in [0.2, 0.25) is 0 Å². The summed E-state index contributed by atoms with van der Waals surface area (Å²) >= 11 is 0. The largest absolute Gasteiger partial charge is 0.392 e. The molecular weight excluding hydrogens is 90.1 g/mol. The molecule has 0 atom stereocenters. The summed E-state index contributed by atoms with van der Waals surface area (Å²) in [7, 11) is 0. The molecule has 1 radical (unpaired) electrons. The van der Waals surface area contributed by atoms with Crippen molar-refractivity contribution in [2.45, 2.75) is 0 Å². The number of oxime groups is 1. The van der Waals surface area contributed by atoms with E-state index in [0.717, 1.165) is 0 Å². The first-order chi connectivity index (χ1) is 3.41. The maximum Gasteiger partial charge on any atom is 0.135 e. The van der Waals surface area contributed by atoms with Crippen LogP contribution >= 0.6 is 0 Å². The molecule has 0 bridgehead atoms. The fourth-order valence-electron chi connectivity index (χ4n) is 0.148. The Kier molecular flexibility index (Phi) is 4.62. The van der Waals surface area contributed by atoms with Gasteiger partial charge in [0.15, 0.2) is 0 Å². The maximum absolute atomic E-state index is 4.52. The second kappa shape index (κ2) is 5.21. The van der Waals surface area contributed by atoms with E-state index in [4.69, 9.17) is 0 Å². The van der Waals surface area contributed by atoms with Gasteiger partial charge in [-0.3, -0.25) is 0 Å². The molecule has 2 heteroatoms. The SMILES string of the molecule is [CH2]/C=N\OCC=C. The van der Waals surface area contributed by atoms with Gasteiger partial charge in [0, 0.05) is 6.21 Å². The van der Waals surface area contributed by atoms with E-state index in [9.17, 15) is 0 Å². The van der Waals surface area contributed by atoms with Gasteiger partial charge in [-0.05, 0) is 6.92 Å². The molecule has 0 amide bonds. The van der Waals surface area contributed by atoms with Gasteiger partial charge in [-0.25, -0.2) is 0 Å². The second-order valence-corrected chi connectivity index (χ2v) is 0.872. The average molecular weight is 98.1 g/mol. The topological polar surface area (TPSA) is 21.6 Å². The lowest BCUT2D eigenvalue weighted by atomic mass is 10.7. The molecule has 0 aromatic carbocycles. The summed E-state index contributed by atoms with van der Waals surface area (Å²) in [6.45, 7) is 7.17. The minimum absolute atomic E-state index is 0.450. The third-order valence-electron chi connectivity index (χ3n) is 0.341. The molecule has 0 fully saturated rings. The van der Waals surface area contributed by atoms with Crippen LogP contribution in [0.15, 0.2) is 17.8 Å². The minimum atomic E-state index is 0.450. The highest BCUT2D eigenvalue weighted by molar-refractivity contribution is 5.60. The van der Waals surface area contributed by atoms with Crippen LogP contribution in [0.5, 0.6) is 0 Å². The summed E-state index contributed by atoms with van der Waals surface area (Å²) in [5.74, 6) is 0. The highest BCUT2D eigenvalue weighted by atomic mass is 16.6. The quantitative estimate of drug-likeness (QED) is 0.223. The molecule has 0 aromatic rings. The summed E-state index contributed by atoms with van der Waals surface area (Å²) < 4.78 is 0. The Morgan fingerprint density at radius 2 is 2.43 bits per heavy atom. The summed E-state index contributed by atoms with van der Waals surface area (Å²) in [6, 6.07) is 0. The van der Waals surface area contributed by atoms with Crippen LogP contribution in [-0.4, -0.2) is 12.8 Å². The fourth-order valence-corrected chi connectivity index (χ4v) is 0.148. The van der Waals surface area contributed by atoms with Crippen molar-refractivity contribution < 1.29 is 4.84 Å². The second-order valence-electron chi connectivity index (χ2n) is 0.872. The lowest BCUT2D eigenvalue weighted by Gasteiger charge is -1.86. The van der Waals surface area contributed by atoms with Crippen LogP contribution in [-0.2, 0) is 4.84 Å². The Bertz CT molecular complexity index is 68.5. The van der Waals surface area contributed by atoms with Gasteiger partial charge in [0.25, 0.3) is 0 Å². The molecule has 0 unspecified atom stereocenters. The lowest BCUT2D eigenvalue weighted by molar-refractivity contribution is 0.177. The van der Waals surface area contributed by atoms with E-state index >= 15 is 0 Å². The smallest absolute Gasteiger partial charge is 0.135 e. The van der Waals surface area contributed by atoms with Crippen LogP contribution < -0.4 is 0 Å². The Morgan fingerprint density at radius 3 is 2.86 bits per heavy atom. The molecule has 0 aliphatic carbocycles. The fraction of sp³-hybridized carbons (Fsp3) is 0.200. The molecule has 0 N–H and O–H groups in total. The molecule has 2 nitrogen and oxygen atoms in total. The van der Waals surface area contributed by atoms with E-state index in [-0.39, 0.29) is 0 Å². The first kappa shape index (κ1) is 6.21. The van der Waals surface area contributed by atoms with Crippen molar-refractivity contribution >= 4 is 6.21 Å². The van der Waals surface area contributed by atoms with Crippen molar-refractivity contribution in [2.75, 3.05) is 6.61 Å². The van der Waals surface area contributed by atoms with Crippen LogP contribution in [0, 0.1) is 6.92 Å². The minimum Gasteiger partial charge on any atom is -0.392 e. The molecule has 0 aliphatic heterocycles. The molecule has 0 aliphatic rings. The molecule has 0 spiro atoms. The van der Waals surface area contributed by atoms with Crippen LogP contribution in [0.4, 0.5) is 0 Å². The van der Waals surface area contributed by atoms with E-state index in [2.05, 4.69) is 23.5 Å². The van der Waals surface area contributed by atoms with Gasteiger partial charge >= 0.3 is 0 Å². The molecule has 0 heterocycles. The Labute approximate surface area is 43.5 Å². The number of hydrogen-bond acceptors (Lipinski definition) is 2. The lowest BCUT2D eigenvalue weighted by Crippen LogP contribution is -1.78. The monoisotopic (exact) mass is 98.1 g/mol. The first-order valence-corrected chi connectivity index (χ1v) is 1.95. The maximum atomic E-state index is 4.52. The van der Waals surface area contributed by atoms with Gasteiger partial charge in [0.1, 0.15) is 6.61 Å². The van der Waals surface area contributed by atoms with Crippen molar-refractivity contribution in [1.82, 2.24) is 0 Å². The first-order valence-electron chi connectivity index (χ1n) is 1.95. The number of nitrogens with zero attached hydrogens (tertiary/aromatic N) is 1. The summed E-state index contributed by atoms with van der Waals surface area (Å²) in [5.41, 5.74) is 0. The van der Waals surface area contributed by atoms with E-state index in [1.165, 1.54) is 6.21 Å². The summed E-state index contributed by atoms with van der Waals surface area (Å²) in [4.78, 5) is 4.52. The van der Waals surface area contributed by atoms with E-state index in [1.807, 2.05) is 0 Å². The van der Waals surface area contributed by atoms with Crippen molar-refractivity contribution in [3.63, 3.8) is 0 Å². The Hall–Kier alpha value is -0.790. The predicted molar refractivity (Wildman–Crippen MR) is 30.0 cm³/mol. The molecule has 0 rings (SSSR count).